The summed E-state index contributed by atoms with van der Waals surface area (Å²) in [5.74, 6) is -0.728. The molecular weight excluding hydrogens is 235 g/mol. The van der Waals surface area contributed by atoms with E-state index in [-0.39, 0.29) is 18.1 Å². The minimum atomic E-state index is -0.614. The van der Waals surface area contributed by atoms with E-state index in [0.717, 1.165) is 19.3 Å². The van der Waals surface area contributed by atoms with Crippen molar-refractivity contribution >= 4 is 5.91 Å². The Morgan fingerprint density at radius 3 is 3.22 bits per heavy atom. The van der Waals surface area contributed by atoms with Gasteiger partial charge in [-0.25, -0.2) is 4.98 Å². The van der Waals surface area contributed by atoms with Gasteiger partial charge in [0.1, 0.15) is 0 Å². The Bertz CT molecular complexity index is 466. The van der Waals surface area contributed by atoms with E-state index in [4.69, 9.17) is 4.74 Å². The number of halogens is 1. The molecule has 1 saturated heterocycles. The molecule has 1 amide bonds. The molecule has 0 spiro atoms. The molecule has 0 radical (unpaired) electrons. The molecule has 4 nitrogen and oxygen atoms in total. The SMILES string of the molecule is O=C(c1ccnc(F)c1)N1CCOC2CCCC21. The Kier molecular flexibility index (Phi) is 2.99. The van der Waals surface area contributed by atoms with Gasteiger partial charge in [0.05, 0.1) is 18.8 Å². The first-order chi connectivity index (χ1) is 8.75. The number of rotatable bonds is 1. The van der Waals surface area contributed by atoms with Crippen molar-refractivity contribution in [3.05, 3.63) is 29.8 Å². The maximum atomic E-state index is 13.1. The van der Waals surface area contributed by atoms with Gasteiger partial charge in [-0.3, -0.25) is 4.79 Å². The average molecular weight is 250 g/mol. The highest BCUT2D eigenvalue weighted by atomic mass is 19.1. The Morgan fingerprint density at radius 1 is 1.50 bits per heavy atom. The van der Waals surface area contributed by atoms with Crippen molar-refractivity contribution in [2.24, 2.45) is 0 Å². The van der Waals surface area contributed by atoms with Crippen LogP contribution in [0.1, 0.15) is 29.6 Å². The molecule has 1 aromatic rings. The Labute approximate surface area is 105 Å². The number of carbonyl (C=O) groups excluding carboxylic acids is 1. The third kappa shape index (κ3) is 1.99. The summed E-state index contributed by atoms with van der Waals surface area (Å²) in [6.07, 6.45) is 4.57. The van der Waals surface area contributed by atoms with Crippen LogP contribution in [0.25, 0.3) is 0 Å². The number of nitrogens with zero attached hydrogens (tertiary/aromatic N) is 2. The molecule has 1 aliphatic carbocycles. The molecule has 18 heavy (non-hydrogen) atoms. The van der Waals surface area contributed by atoms with Gasteiger partial charge in [0.15, 0.2) is 0 Å². The van der Waals surface area contributed by atoms with E-state index < -0.39 is 5.95 Å². The van der Waals surface area contributed by atoms with Crippen molar-refractivity contribution in [2.45, 2.75) is 31.4 Å². The molecule has 1 saturated carbocycles. The zero-order chi connectivity index (χ0) is 12.5. The average Bonchev–Trinajstić information content (AvgIpc) is 2.86. The third-order valence-electron chi connectivity index (χ3n) is 3.72. The first-order valence-corrected chi connectivity index (χ1v) is 6.30. The molecule has 0 N–H and O–H groups in total. The fraction of sp³-hybridized carbons (Fsp3) is 0.538. The summed E-state index contributed by atoms with van der Waals surface area (Å²) in [6.45, 7) is 1.16. The molecule has 2 atom stereocenters. The van der Waals surface area contributed by atoms with Gasteiger partial charge < -0.3 is 9.64 Å². The fourth-order valence-corrected chi connectivity index (χ4v) is 2.88. The predicted molar refractivity (Wildman–Crippen MR) is 62.6 cm³/mol. The molecule has 2 fully saturated rings. The summed E-state index contributed by atoms with van der Waals surface area (Å²) >= 11 is 0. The lowest BCUT2D eigenvalue weighted by molar-refractivity contribution is -0.0445. The number of pyridine rings is 1. The smallest absolute Gasteiger partial charge is 0.254 e. The summed E-state index contributed by atoms with van der Waals surface area (Å²) in [5.41, 5.74) is 0.370. The van der Waals surface area contributed by atoms with E-state index in [1.807, 2.05) is 4.90 Å². The highest BCUT2D eigenvalue weighted by molar-refractivity contribution is 5.94. The monoisotopic (exact) mass is 250 g/mol. The fourth-order valence-electron chi connectivity index (χ4n) is 2.88. The highest BCUT2D eigenvalue weighted by Gasteiger charge is 2.38. The summed E-state index contributed by atoms with van der Waals surface area (Å²) in [7, 11) is 0. The van der Waals surface area contributed by atoms with Crippen LogP contribution in [0.15, 0.2) is 18.3 Å². The number of hydrogen-bond donors (Lipinski definition) is 0. The van der Waals surface area contributed by atoms with Gasteiger partial charge in [0, 0.05) is 24.4 Å². The number of aromatic nitrogens is 1. The molecule has 96 valence electrons. The standard InChI is InChI=1S/C13H15FN2O2/c14-12-8-9(4-5-15-12)13(17)16-6-7-18-11-3-1-2-10(11)16/h4-5,8,10-11H,1-3,6-7H2. The van der Waals surface area contributed by atoms with E-state index in [9.17, 15) is 9.18 Å². The topological polar surface area (TPSA) is 42.4 Å². The van der Waals surface area contributed by atoms with E-state index >= 15 is 0 Å². The summed E-state index contributed by atoms with van der Waals surface area (Å²) in [5, 5.41) is 0. The van der Waals surface area contributed by atoms with Gasteiger partial charge >= 0.3 is 0 Å². The van der Waals surface area contributed by atoms with Gasteiger partial charge in [0.2, 0.25) is 5.95 Å². The Hall–Kier alpha value is -1.49. The molecule has 1 aromatic heterocycles. The number of hydrogen-bond acceptors (Lipinski definition) is 3. The normalized spacial score (nSPS) is 27.1. The molecular formula is C13H15FN2O2. The summed E-state index contributed by atoms with van der Waals surface area (Å²) in [4.78, 5) is 17.7. The third-order valence-corrected chi connectivity index (χ3v) is 3.72. The second-order valence-electron chi connectivity index (χ2n) is 4.77. The molecule has 5 heteroatoms. The van der Waals surface area contributed by atoms with Gasteiger partial charge in [-0.05, 0) is 25.3 Å². The molecule has 2 heterocycles. The molecule has 0 bridgehead atoms. The van der Waals surface area contributed by atoms with E-state index in [0.29, 0.717) is 18.7 Å². The lowest BCUT2D eigenvalue weighted by atomic mass is 10.1. The molecule has 3 rings (SSSR count). The quantitative estimate of drug-likeness (QED) is 0.711. The zero-order valence-electron chi connectivity index (χ0n) is 10.0. The lowest BCUT2D eigenvalue weighted by Gasteiger charge is -2.37. The first-order valence-electron chi connectivity index (χ1n) is 6.30. The van der Waals surface area contributed by atoms with Crippen molar-refractivity contribution in [3.8, 4) is 0 Å². The number of fused-ring (bicyclic) bond motifs is 1. The maximum absolute atomic E-state index is 13.1. The van der Waals surface area contributed by atoms with Crippen LogP contribution in [-0.4, -0.2) is 41.1 Å². The van der Waals surface area contributed by atoms with Gasteiger partial charge in [-0.1, -0.05) is 0 Å². The van der Waals surface area contributed by atoms with E-state index in [1.165, 1.54) is 12.3 Å². The van der Waals surface area contributed by atoms with Crippen molar-refractivity contribution in [1.82, 2.24) is 9.88 Å². The molecule has 1 aliphatic heterocycles. The van der Waals surface area contributed by atoms with Crippen molar-refractivity contribution in [3.63, 3.8) is 0 Å². The number of amides is 1. The van der Waals surface area contributed by atoms with Crippen LogP contribution in [0.2, 0.25) is 0 Å². The van der Waals surface area contributed by atoms with Crippen LogP contribution >= 0.6 is 0 Å². The number of carbonyl (C=O) groups is 1. The van der Waals surface area contributed by atoms with Crippen LogP contribution in [0, 0.1) is 5.95 Å². The van der Waals surface area contributed by atoms with Crippen LogP contribution in [0.3, 0.4) is 0 Å². The second-order valence-corrected chi connectivity index (χ2v) is 4.77. The van der Waals surface area contributed by atoms with Crippen molar-refractivity contribution in [2.75, 3.05) is 13.2 Å². The van der Waals surface area contributed by atoms with Crippen LogP contribution < -0.4 is 0 Å². The minimum Gasteiger partial charge on any atom is -0.374 e. The number of ether oxygens (including phenoxy) is 1. The van der Waals surface area contributed by atoms with Crippen LogP contribution in [-0.2, 0) is 4.74 Å². The van der Waals surface area contributed by atoms with Gasteiger partial charge in [-0.2, -0.15) is 4.39 Å². The maximum Gasteiger partial charge on any atom is 0.254 e. The minimum absolute atomic E-state index is 0.114. The zero-order valence-corrected chi connectivity index (χ0v) is 10.0. The van der Waals surface area contributed by atoms with Gasteiger partial charge in [0.25, 0.3) is 5.91 Å². The first kappa shape index (κ1) is 11.6. The van der Waals surface area contributed by atoms with Crippen molar-refractivity contribution in [1.29, 1.82) is 0 Å². The molecule has 0 aromatic carbocycles. The van der Waals surface area contributed by atoms with Gasteiger partial charge in [-0.15, -0.1) is 0 Å². The molecule has 2 unspecified atom stereocenters. The van der Waals surface area contributed by atoms with E-state index in [1.54, 1.807) is 6.07 Å². The largest absolute Gasteiger partial charge is 0.374 e. The van der Waals surface area contributed by atoms with Crippen LogP contribution in [0.4, 0.5) is 4.39 Å². The summed E-state index contributed by atoms with van der Waals surface area (Å²) < 4.78 is 18.7. The Balaban J connectivity index is 1.83. The van der Waals surface area contributed by atoms with Crippen LogP contribution in [0.5, 0.6) is 0 Å². The van der Waals surface area contributed by atoms with E-state index in [2.05, 4.69) is 4.98 Å². The molecule has 2 aliphatic rings. The Morgan fingerprint density at radius 2 is 2.39 bits per heavy atom. The second kappa shape index (κ2) is 4.65. The van der Waals surface area contributed by atoms with Crippen molar-refractivity contribution < 1.29 is 13.9 Å². The lowest BCUT2D eigenvalue weighted by Crippen LogP contribution is -2.51. The summed E-state index contributed by atoms with van der Waals surface area (Å²) in [6, 6.07) is 2.91. The predicted octanol–water partition coefficient (Wildman–Crippen LogP) is 1.61. The number of morpholine rings is 1. The highest BCUT2D eigenvalue weighted by Crippen LogP contribution is 2.30.